The summed E-state index contributed by atoms with van der Waals surface area (Å²) in [6.07, 6.45) is 6.67. The first-order chi connectivity index (χ1) is 20.8. The van der Waals surface area contributed by atoms with Crippen molar-refractivity contribution in [3.8, 4) is 22.6 Å². The van der Waals surface area contributed by atoms with E-state index in [2.05, 4.69) is 26.8 Å². The third kappa shape index (κ3) is 5.94. The Morgan fingerprint density at radius 2 is 1.81 bits per heavy atom. The van der Waals surface area contributed by atoms with Gasteiger partial charge in [-0.15, -0.1) is 0 Å². The van der Waals surface area contributed by atoms with E-state index in [9.17, 15) is 4.79 Å². The molecule has 0 aliphatic carbocycles. The number of carbonyl (C=O) groups is 1. The summed E-state index contributed by atoms with van der Waals surface area (Å²) >= 11 is 13.5. The highest BCUT2D eigenvalue weighted by Gasteiger charge is 2.23. The Morgan fingerprint density at radius 1 is 1.07 bits per heavy atom. The van der Waals surface area contributed by atoms with Crippen molar-refractivity contribution >= 4 is 63.0 Å². The average molecular weight is 622 g/mol. The number of likely N-dealkylation sites (N-methyl/N-ethyl adjacent to an activating group) is 1. The molecule has 0 unspecified atom stereocenters. The van der Waals surface area contributed by atoms with E-state index in [4.69, 9.17) is 42.4 Å². The fourth-order valence-corrected chi connectivity index (χ4v) is 5.46. The first-order valence-corrected chi connectivity index (χ1v) is 14.0. The number of carbonyl (C=O) groups excluding carboxylic acids is 1. The van der Waals surface area contributed by atoms with Crippen LogP contribution in [0.25, 0.3) is 27.8 Å². The molecule has 3 aromatic heterocycles. The van der Waals surface area contributed by atoms with Crippen LogP contribution in [0.4, 0.5) is 17.3 Å². The van der Waals surface area contributed by atoms with Gasteiger partial charge >= 0.3 is 0 Å². The van der Waals surface area contributed by atoms with Gasteiger partial charge in [-0.05, 0) is 35.9 Å². The van der Waals surface area contributed by atoms with Crippen LogP contribution in [0, 0.1) is 0 Å². The van der Waals surface area contributed by atoms with Crippen LogP contribution >= 0.6 is 23.2 Å². The molecule has 0 atom stereocenters. The van der Waals surface area contributed by atoms with Gasteiger partial charge in [0.2, 0.25) is 5.95 Å². The van der Waals surface area contributed by atoms with Gasteiger partial charge in [0.15, 0.2) is 11.4 Å². The Balaban J connectivity index is 1.58. The molecule has 0 bridgehead atoms. The molecule has 5 aromatic rings. The zero-order valence-corrected chi connectivity index (χ0v) is 25.7. The molecule has 0 amide bonds. The number of anilines is 3. The van der Waals surface area contributed by atoms with Crippen molar-refractivity contribution in [1.29, 1.82) is 0 Å². The number of nitrogens with one attached hydrogen (secondary N) is 1. The number of allylic oxidation sites excluding steroid dienone is 1. The molecule has 0 spiro atoms. The molecule has 0 aliphatic rings. The predicted octanol–water partition coefficient (Wildman–Crippen LogP) is 6.39. The Bertz CT molecular complexity index is 1810. The van der Waals surface area contributed by atoms with Crippen LogP contribution in [0.3, 0.4) is 0 Å². The van der Waals surface area contributed by atoms with E-state index < -0.39 is 0 Å². The van der Waals surface area contributed by atoms with Gasteiger partial charge in [-0.3, -0.25) is 9.20 Å². The first-order valence-electron chi connectivity index (χ1n) is 13.3. The zero-order chi connectivity index (χ0) is 30.7. The van der Waals surface area contributed by atoms with E-state index in [0.29, 0.717) is 68.8 Å². The Hall–Kier alpha value is -4.38. The topological polar surface area (TPSA) is 103 Å². The van der Waals surface area contributed by atoms with Gasteiger partial charge in [-0.2, -0.15) is 4.98 Å². The number of ketones is 1. The number of benzene rings is 2. The van der Waals surface area contributed by atoms with Gasteiger partial charge in [0, 0.05) is 79.7 Å². The van der Waals surface area contributed by atoms with E-state index in [0.717, 1.165) is 16.6 Å². The minimum Gasteiger partial charge on any atom is -0.495 e. The number of rotatable bonds is 12. The number of aromatic nitrogens is 4. The number of imidazole rings is 1. The Kier molecular flexibility index (Phi) is 9.00. The fraction of sp³-hybridized carbons (Fsp3) is 0.226. The lowest BCUT2D eigenvalue weighted by Gasteiger charge is -2.21. The van der Waals surface area contributed by atoms with Crippen LogP contribution < -0.4 is 19.7 Å². The maximum Gasteiger partial charge on any atom is 0.229 e. The summed E-state index contributed by atoms with van der Waals surface area (Å²) in [5.74, 6) is 1.08. The molecule has 1 N–H and O–H groups in total. The third-order valence-corrected chi connectivity index (χ3v) is 7.80. The maximum absolute atomic E-state index is 12.4. The second-order valence-electron chi connectivity index (χ2n) is 9.66. The van der Waals surface area contributed by atoms with Crippen molar-refractivity contribution in [1.82, 2.24) is 19.4 Å². The molecular formula is C31H30Cl2N6O4. The fourth-order valence-electron chi connectivity index (χ4n) is 4.76. The van der Waals surface area contributed by atoms with E-state index in [1.807, 2.05) is 35.7 Å². The lowest BCUT2D eigenvalue weighted by atomic mass is 10.0. The van der Waals surface area contributed by atoms with Crippen molar-refractivity contribution in [3.63, 3.8) is 0 Å². The van der Waals surface area contributed by atoms with Crippen LogP contribution in [0.5, 0.6) is 11.5 Å². The number of ether oxygens (including phenoxy) is 3. The summed E-state index contributed by atoms with van der Waals surface area (Å²) in [6.45, 7) is 4.91. The van der Waals surface area contributed by atoms with Gasteiger partial charge in [0.05, 0.1) is 30.9 Å². The summed E-state index contributed by atoms with van der Waals surface area (Å²) in [4.78, 5) is 28.4. The quantitative estimate of drug-likeness (QED) is 0.159. The second kappa shape index (κ2) is 12.9. The Labute approximate surface area is 258 Å². The minimum atomic E-state index is -0.0988. The first kappa shape index (κ1) is 30.1. The lowest BCUT2D eigenvalue weighted by Crippen LogP contribution is -2.22. The highest BCUT2D eigenvalue weighted by atomic mass is 35.5. The van der Waals surface area contributed by atoms with Crippen molar-refractivity contribution in [2.24, 2.45) is 0 Å². The number of nitrogens with zero attached hydrogens (tertiary/aromatic N) is 5. The standard InChI is InChI=1S/C31H30Cl2N6O4/c1-6-21(40)14-18-13-20(38(2)11-12-41-3)7-8-23(18)36-31-35-17-19-15-22(30-34-9-10-39(30)29(19)37-31)26-27(32)24(42-4)16-25(43-5)28(26)33/h6-10,13,15-17H,1,11-12,14H2,2-5H3,(H,35,36,37). The number of hydrogen-bond acceptors (Lipinski definition) is 9. The Morgan fingerprint density at radius 3 is 2.49 bits per heavy atom. The van der Waals surface area contributed by atoms with Crippen LogP contribution in [-0.2, 0) is 16.0 Å². The average Bonchev–Trinajstić information content (AvgIpc) is 3.51. The second-order valence-corrected chi connectivity index (χ2v) is 10.4. The van der Waals surface area contributed by atoms with E-state index >= 15 is 0 Å². The van der Waals surface area contributed by atoms with Crippen molar-refractivity contribution in [2.45, 2.75) is 6.42 Å². The smallest absolute Gasteiger partial charge is 0.229 e. The third-order valence-electron chi connectivity index (χ3n) is 7.05. The van der Waals surface area contributed by atoms with Crippen LogP contribution in [0.15, 0.2) is 61.6 Å². The van der Waals surface area contributed by atoms with Gasteiger partial charge in [-0.25, -0.2) is 9.97 Å². The van der Waals surface area contributed by atoms with Crippen LogP contribution in [0.1, 0.15) is 5.56 Å². The number of hydrogen-bond donors (Lipinski definition) is 1. The van der Waals surface area contributed by atoms with Crippen molar-refractivity contribution in [2.75, 3.05) is 51.7 Å². The van der Waals surface area contributed by atoms with Gasteiger partial charge < -0.3 is 24.4 Å². The number of halogens is 2. The minimum absolute atomic E-state index is 0.0988. The predicted molar refractivity (Wildman–Crippen MR) is 171 cm³/mol. The molecule has 12 heteroatoms. The molecule has 222 valence electrons. The monoisotopic (exact) mass is 620 g/mol. The summed E-state index contributed by atoms with van der Waals surface area (Å²) in [5.41, 5.74) is 4.81. The SMILES string of the molecule is C=CC(=O)Cc1cc(N(C)CCOC)ccc1Nc1ncc2cc(-c3c(Cl)c(OC)cc(OC)c3Cl)c3nccn3c2n1. The van der Waals surface area contributed by atoms with Crippen LogP contribution in [0.2, 0.25) is 10.0 Å². The van der Waals surface area contributed by atoms with Crippen molar-refractivity contribution < 1.29 is 19.0 Å². The molecule has 10 nitrogen and oxygen atoms in total. The van der Waals surface area contributed by atoms with Gasteiger partial charge in [-0.1, -0.05) is 29.8 Å². The summed E-state index contributed by atoms with van der Waals surface area (Å²) in [5, 5.41) is 4.67. The zero-order valence-electron chi connectivity index (χ0n) is 24.1. The summed E-state index contributed by atoms with van der Waals surface area (Å²) in [7, 11) is 6.69. The van der Waals surface area contributed by atoms with Gasteiger partial charge in [0.25, 0.3) is 0 Å². The van der Waals surface area contributed by atoms with Gasteiger partial charge in [0.1, 0.15) is 17.1 Å². The molecule has 0 aliphatic heterocycles. The maximum atomic E-state index is 12.4. The highest BCUT2D eigenvalue weighted by Crippen LogP contribution is 2.47. The molecule has 3 heterocycles. The molecule has 2 aromatic carbocycles. The molecule has 0 radical (unpaired) electrons. The number of pyridine rings is 1. The molecule has 0 saturated carbocycles. The van der Waals surface area contributed by atoms with Crippen LogP contribution in [-0.4, -0.2) is 66.7 Å². The van der Waals surface area contributed by atoms with E-state index in [1.54, 1.807) is 31.8 Å². The van der Waals surface area contributed by atoms with Crippen molar-refractivity contribution in [3.05, 3.63) is 77.2 Å². The highest BCUT2D eigenvalue weighted by molar-refractivity contribution is 6.41. The largest absolute Gasteiger partial charge is 0.495 e. The van der Waals surface area contributed by atoms with E-state index in [1.165, 1.54) is 20.3 Å². The molecule has 0 saturated heterocycles. The number of methoxy groups -OCH3 is 3. The molecular weight excluding hydrogens is 591 g/mol. The number of fused-ring (bicyclic) bond motifs is 3. The van der Waals surface area contributed by atoms with E-state index in [-0.39, 0.29) is 12.2 Å². The molecule has 43 heavy (non-hydrogen) atoms. The summed E-state index contributed by atoms with van der Waals surface area (Å²) in [6, 6.07) is 9.37. The molecule has 0 fully saturated rings. The summed E-state index contributed by atoms with van der Waals surface area (Å²) < 4.78 is 18.0. The lowest BCUT2D eigenvalue weighted by molar-refractivity contribution is -0.114. The molecule has 5 rings (SSSR count). The normalized spacial score (nSPS) is 11.1.